The minimum atomic E-state index is -0.299. The van der Waals surface area contributed by atoms with Crippen LogP contribution in [-0.2, 0) is 4.79 Å². The van der Waals surface area contributed by atoms with Gasteiger partial charge in [-0.3, -0.25) is 9.59 Å². The van der Waals surface area contributed by atoms with Crippen LogP contribution in [0.1, 0.15) is 23.3 Å². The third kappa shape index (κ3) is 2.95. The number of carbonyl (C=O) groups excluding carboxylic acids is 2. The zero-order valence-electron chi connectivity index (χ0n) is 9.89. The summed E-state index contributed by atoms with van der Waals surface area (Å²) in [4.78, 5) is 24.8. The van der Waals surface area contributed by atoms with E-state index in [4.69, 9.17) is 11.6 Å². The van der Waals surface area contributed by atoms with E-state index in [-0.39, 0.29) is 28.7 Å². The molecule has 1 atom stereocenters. The average molecular weight is 269 g/mol. The van der Waals surface area contributed by atoms with Gasteiger partial charge in [0.25, 0.3) is 5.91 Å². The van der Waals surface area contributed by atoms with Gasteiger partial charge in [-0.1, -0.05) is 11.6 Å². The summed E-state index contributed by atoms with van der Waals surface area (Å²) in [6, 6.07) is 2.99. The van der Waals surface area contributed by atoms with Gasteiger partial charge in [-0.25, -0.2) is 0 Å². The summed E-state index contributed by atoms with van der Waals surface area (Å²) in [6.45, 7) is 0.519. The van der Waals surface area contributed by atoms with Crippen molar-refractivity contribution in [3.05, 3.63) is 23.0 Å². The summed E-state index contributed by atoms with van der Waals surface area (Å²) in [5, 5.41) is 10.4. The monoisotopic (exact) mass is 268 g/mol. The van der Waals surface area contributed by atoms with Crippen molar-refractivity contribution in [3.63, 3.8) is 0 Å². The lowest BCUT2D eigenvalue weighted by atomic mass is 10.1. The van der Waals surface area contributed by atoms with Crippen molar-refractivity contribution < 1.29 is 9.59 Å². The molecule has 0 bridgehead atoms. The second kappa shape index (κ2) is 5.30. The van der Waals surface area contributed by atoms with Crippen molar-refractivity contribution >= 4 is 23.4 Å². The van der Waals surface area contributed by atoms with Crippen molar-refractivity contribution in [2.24, 2.45) is 0 Å². The van der Waals surface area contributed by atoms with E-state index in [0.717, 1.165) is 0 Å². The predicted molar refractivity (Wildman–Crippen MR) is 65.2 cm³/mol. The average Bonchev–Trinajstić information content (AvgIpc) is 2.34. The maximum Gasteiger partial charge on any atom is 0.272 e. The summed E-state index contributed by atoms with van der Waals surface area (Å²) in [6.07, 6.45) is 1.10. The van der Waals surface area contributed by atoms with Crippen LogP contribution in [0.4, 0.5) is 0 Å². The highest BCUT2D eigenvalue weighted by Gasteiger charge is 2.24. The Labute approximate surface area is 109 Å². The van der Waals surface area contributed by atoms with E-state index in [1.165, 1.54) is 12.1 Å². The van der Waals surface area contributed by atoms with Crippen LogP contribution in [0, 0.1) is 0 Å². The van der Waals surface area contributed by atoms with Crippen LogP contribution in [-0.4, -0.2) is 46.5 Å². The summed E-state index contributed by atoms with van der Waals surface area (Å²) >= 11 is 5.59. The summed E-state index contributed by atoms with van der Waals surface area (Å²) in [5.41, 5.74) is 0.221. The van der Waals surface area contributed by atoms with Gasteiger partial charge in [0, 0.05) is 26.1 Å². The van der Waals surface area contributed by atoms with Gasteiger partial charge in [0.05, 0.1) is 0 Å². The van der Waals surface area contributed by atoms with Gasteiger partial charge in [-0.05, 0) is 18.6 Å². The van der Waals surface area contributed by atoms with E-state index >= 15 is 0 Å². The molecule has 1 aliphatic rings. The number of hydrogen-bond acceptors (Lipinski definition) is 4. The number of nitrogens with zero attached hydrogens (tertiary/aromatic N) is 3. The first-order valence-electron chi connectivity index (χ1n) is 5.60. The molecule has 1 aromatic rings. The molecule has 0 radical (unpaired) electrons. The van der Waals surface area contributed by atoms with Crippen LogP contribution in [0.15, 0.2) is 12.1 Å². The molecule has 18 heavy (non-hydrogen) atoms. The minimum absolute atomic E-state index is 0.0438. The maximum atomic E-state index is 11.9. The Kier molecular flexibility index (Phi) is 3.76. The number of nitrogens with one attached hydrogen (secondary N) is 1. The van der Waals surface area contributed by atoms with E-state index in [1.54, 1.807) is 11.9 Å². The molecule has 1 N–H and O–H groups in total. The fourth-order valence-electron chi connectivity index (χ4n) is 1.83. The molecule has 1 aliphatic heterocycles. The van der Waals surface area contributed by atoms with E-state index in [9.17, 15) is 9.59 Å². The molecule has 2 heterocycles. The fourth-order valence-corrected chi connectivity index (χ4v) is 1.93. The Morgan fingerprint density at radius 3 is 2.89 bits per heavy atom. The normalized spacial score (nSPS) is 19.8. The Hall–Kier alpha value is -1.69. The van der Waals surface area contributed by atoms with Gasteiger partial charge in [-0.15, -0.1) is 10.2 Å². The molecule has 2 amide bonds. The highest BCUT2D eigenvalue weighted by Crippen LogP contribution is 2.10. The topological polar surface area (TPSA) is 75.2 Å². The Morgan fingerprint density at radius 1 is 1.50 bits per heavy atom. The van der Waals surface area contributed by atoms with E-state index in [0.29, 0.717) is 19.4 Å². The molecule has 0 saturated carbocycles. The lowest BCUT2D eigenvalue weighted by Crippen LogP contribution is -2.48. The van der Waals surface area contributed by atoms with Gasteiger partial charge in [0.1, 0.15) is 0 Å². The number of likely N-dealkylation sites (N-methyl/N-ethyl adjacent to an activating group) is 1. The number of aromatic nitrogens is 2. The largest absolute Gasteiger partial charge is 0.346 e. The first kappa shape index (κ1) is 12.8. The molecule has 6 nitrogen and oxygen atoms in total. The lowest BCUT2D eigenvalue weighted by molar-refractivity contribution is -0.132. The van der Waals surface area contributed by atoms with Crippen LogP contribution in [0.3, 0.4) is 0 Å². The number of hydrogen-bond donors (Lipinski definition) is 1. The van der Waals surface area contributed by atoms with E-state index < -0.39 is 0 Å². The molecular weight excluding hydrogens is 256 g/mol. The standard InChI is InChI=1S/C11H13ClN4O2/c1-16-6-7(2-5-10(16)17)13-11(18)8-3-4-9(12)15-14-8/h3-4,7H,2,5-6H2,1H3,(H,13,18). The Bertz CT molecular complexity index is 463. The number of piperidine rings is 1. The van der Waals surface area contributed by atoms with Crippen LogP contribution >= 0.6 is 11.6 Å². The highest BCUT2D eigenvalue weighted by molar-refractivity contribution is 6.29. The van der Waals surface area contributed by atoms with Gasteiger partial charge in [0.15, 0.2) is 10.8 Å². The molecule has 0 aliphatic carbocycles. The molecule has 1 unspecified atom stereocenters. The zero-order chi connectivity index (χ0) is 13.1. The van der Waals surface area contributed by atoms with Crippen molar-refractivity contribution in [2.45, 2.75) is 18.9 Å². The number of carbonyl (C=O) groups is 2. The second-order valence-corrected chi connectivity index (χ2v) is 4.61. The van der Waals surface area contributed by atoms with Crippen LogP contribution in [0.25, 0.3) is 0 Å². The quantitative estimate of drug-likeness (QED) is 0.847. The van der Waals surface area contributed by atoms with Crippen LogP contribution in [0.2, 0.25) is 5.15 Å². The number of rotatable bonds is 2. The molecule has 0 spiro atoms. The fraction of sp³-hybridized carbons (Fsp3) is 0.455. The molecule has 96 valence electrons. The third-order valence-corrected chi connectivity index (χ3v) is 3.03. The molecule has 0 aromatic carbocycles. The first-order valence-corrected chi connectivity index (χ1v) is 5.98. The highest BCUT2D eigenvalue weighted by atomic mass is 35.5. The number of amides is 2. The van der Waals surface area contributed by atoms with Gasteiger partial charge in [-0.2, -0.15) is 0 Å². The van der Waals surface area contributed by atoms with Gasteiger partial charge in [0.2, 0.25) is 5.91 Å². The minimum Gasteiger partial charge on any atom is -0.346 e. The van der Waals surface area contributed by atoms with E-state index in [2.05, 4.69) is 15.5 Å². The van der Waals surface area contributed by atoms with Crippen molar-refractivity contribution in [1.82, 2.24) is 20.4 Å². The van der Waals surface area contributed by atoms with E-state index in [1.807, 2.05) is 0 Å². The number of halogens is 1. The summed E-state index contributed by atoms with van der Waals surface area (Å²) < 4.78 is 0. The molecular formula is C11H13ClN4O2. The van der Waals surface area contributed by atoms with Crippen molar-refractivity contribution in [2.75, 3.05) is 13.6 Å². The SMILES string of the molecule is CN1CC(NC(=O)c2ccc(Cl)nn2)CCC1=O. The molecule has 1 aromatic heterocycles. The van der Waals surface area contributed by atoms with Crippen molar-refractivity contribution in [1.29, 1.82) is 0 Å². The Balaban J connectivity index is 1.95. The van der Waals surface area contributed by atoms with Crippen molar-refractivity contribution in [3.8, 4) is 0 Å². The third-order valence-electron chi connectivity index (χ3n) is 2.83. The zero-order valence-corrected chi connectivity index (χ0v) is 10.6. The molecule has 1 saturated heterocycles. The molecule has 2 rings (SSSR count). The first-order chi connectivity index (χ1) is 8.56. The molecule has 7 heteroatoms. The second-order valence-electron chi connectivity index (χ2n) is 4.22. The van der Waals surface area contributed by atoms with Crippen LogP contribution in [0.5, 0.6) is 0 Å². The summed E-state index contributed by atoms with van der Waals surface area (Å²) in [7, 11) is 1.72. The summed E-state index contributed by atoms with van der Waals surface area (Å²) in [5.74, 6) is -0.196. The predicted octanol–water partition coefficient (Wildman–Crippen LogP) is 0.481. The Morgan fingerprint density at radius 2 is 2.28 bits per heavy atom. The number of likely N-dealkylation sites (tertiary alicyclic amines) is 1. The smallest absolute Gasteiger partial charge is 0.272 e. The maximum absolute atomic E-state index is 11.9. The van der Waals surface area contributed by atoms with Gasteiger partial charge < -0.3 is 10.2 Å². The lowest BCUT2D eigenvalue weighted by Gasteiger charge is -2.29. The molecule has 1 fully saturated rings. The van der Waals surface area contributed by atoms with Crippen LogP contribution < -0.4 is 5.32 Å². The van der Waals surface area contributed by atoms with Gasteiger partial charge >= 0.3 is 0 Å².